The smallest absolute Gasteiger partial charge is 0.0333 e. The van der Waals surface area contributed by atoms with Gasteiger partial charge in [0.2, 0.25) is 0 Å². The van der Waals surface area contributed by atoms with Crippen molar-refractivity contribution < 1.29 is 0 Å². The number of rotatable bonds is 9. The molecule has 94 valence electrons. The Kier molecular flexibility index (Phi) is 9.19. The topological polar surface area (TPSA) is 26.0 Å². The highest BCUT2D eigenvalue weighted by molar-refractivity contribution is 5.09. The van der Waals surface area contributed by atoms with Gasteiger partial charge in [0, 0.05) is 11.5 Å². The first-order valence-electron chi connectivity index (χ1n) is 6.97. The van der Waals surface area contributed by atoms with Gasteiger partial charge in [-0.25, -0.2) is 0 Å². The fourth-order valence-corrected chi connectivity index (χ4v) is 2.26. The summed E-state index contributed by atoms with van der Waals surface area (Å²) in [5.41, 5.74) is 5.69. The van der Waals surface area contributed by atoms with Gasteiger partial charge in [-0.1, -0.05) is 65.2 Å². The summed E-state index contributed by atoms with van der Waals surface area (Å²) in [4.78, 5) is 0. The minimum atomic E-state index is 0.219. The zero-order chi connectivity index (χ0) is 12.3. The Bertz CT molecular complexity index is 187. The van der Waals surface area contributed by atoms with Crippen LogP contribution in [0, 0.1) is 17.4 Å². The maximum atomic E-state index is 5.47. The highest BCUT2D eigenvalue weighted by Gasteiger charge is 2.25. The molecular weight excluding hydrogens is 194 g/mol. The molecule has 0 amide bonds. The van der Waals surface area contributed by atoms with E-state index in [0.29, 0.717) is 0 Å². The first-order valence-corrected chi connectivity index (χ1v) is 6.97. The Morgan fingerprint density at radius 3 is 1.44 bits per heavy atom. The molecular formula is C15H29N. The van der Waals surface area contributed by atoms with Crippen molar-refractivity contribution in [3.8, 4) is 12.0 Å². The van der Waals surface area contributed by atoms with Crippen molar-refractivity contribution in [2.24, 2.45) is 11.1 Å². The third-order valence-corrected chi connectivity index (χ3v) is 3.36. The van der Waals surface area contributed by atoms with E-state index in [1.165, 1.54) is 57.8 Å². The highest BCUT2D eigenvalue weighted by atomic mass is 14.5. The molecule has 0 aromatic heterocycles. The van der Waals surface area contributed by atoms with Crippen molar-refractivity contribution in [3.05, 3.63) is 0 Å². The molecule has 0 aliphatic carbocycles. The first-order chi connectivity index (χ1) is 7.74. The quantitative estimate of drug-likeness (QED) is 0.453. The van der Waals surface area contributed by atoms with E-state index in [0.717, 1.165) is 0 Å². The second-order valence-corrected chi connectivity index (χ2v) is 4.86. The van der Waals surface area contributed by atoms with Crippen LogP contribution in [0.15, 0.2) is 0 Å². The van der Waals surface area contributed by atoms with Crippen molar-refractivity contribution in [1.82, 2.24) is 0 Å². The number of unbranched alkanes of at least 4 members (excludes halogenated alkanes) is 3. The summed E-state index contributed by atoms with van der Waals surface area (Å²) in [6.45, 7) is 6.75. The Labute approximate surface area is 102 Å². The lowest BCUT2D eigenvalue weighted by molar-refractivity contribution is 0.287. The normalized spacial score (nSPS) is 10.9. The van der Waals surface area contributed by atoms with Crippen molar-refractivity contribution in [1.29, 1.82) is 0 Å². The molecule has 0 atom stereocenters. The van der Waals surface area contributed by atoms with Crippen LogP contribution in [-0.2, 0) is 0 Å². The summed E-state index contributed by atoms with van der Waals surface area (Å²) in [5.74, 6) is 3.33. The van der Waals surface area contributed by atoms with Gasteiger partial charge in [-0.05, 0) is 19.3 Å². The number of hydrogen-bond acceptors (Lipinski definition) is 1. The molecule has 2 N–H and O–H groups in total. The van der Waals surface area contributed by atoms with E-state index in [1.54, 1.807) is 0 Å². The predicted molar refractivity (Wildman–Crippen MR) is 73.0 cm³/mol. The SMILES string of the molecule is CCCCC(C#CN)(CCCC)CCCC. The number of hydrogen-bond donors (Lipinski definition) is 1. The Balaban J connectivity index is 4.50. The van der Waals surface area contributed by atoms with Gasteiger partial charge in [0.1, 0.15) is 0 Å². The zero-order valence-electron chi connectivity index (χ0n) is 11.4. The van der Waals surface area contributed by atoms with E-state index in [2.05, 4.69) is 32.7 Å². The molecule has 1 nitrogen and oxygen atoms in total. The summed E-state index contributed by atoms with van der Waals surface area (Å²) in [7, 11) is 0. The van der Waals surface area contributed by atoms with Crippen molar-refractivity contribution in [2.45, 2.75) is 78.6 Å². The van der Waals surface area contributed by atoms with Crippen molar-refractivity contribution in [3.63, 3.8) is 0 Å². The molecule has 16 heavy (non-hydrogen) atoms. The minimum Gasteiger partial charge on any atom is -0.359 e. The van der Waals surface area contributed by atoms with Crippen molar-refractivity contribution in [2.75, 3.05) is 0 Å². The van der Waals surface area contributed by atoms with Crippen molar-refractivity contribution >= 4 is 0 Å². The molecule has 0 rings (SSSR count). The van der Waals surface area contributed by atoms with Gasteiger partial charge in [-0.3, -0.25) is 0 Å². The van der Waals surface area contributed by atoms with Gasteiger partial charge in [0.05, 0.1) is 0 Å². The standard InChI is InChI=1S/C15H29N/c1-4-7-10-15(13-14-16,11-8-5-2)12-9-6-3/h4-12,16H2,1-3H3. The van der Waals surface area contributed by atoms with E-state index in [1.807, 2.05) is 0 Å². The lowest BCUT2D eigenvalue weighted by atomic mass is 9.75. The lowest BCUT2D eigenvalue weighted by Gasteiger charge is -2.28. The van der Waals surface area contributed by atoms with Gasteiger partial charge in [0.25, 0.3) is 0 Å². The van der Waals surface area contributed by atoms with Crippen LogP contribution in [0.5, 0.6) is 0 Å². The zero-order valence-corrected chi connectivity index (χ0v) is 11.4. The summed E-state index contributed by atoms with van der Waals surface area (Å²) < 4.78 is 0. The fraction of sp³-hybridized carbons (Fsp3) is 0.867. The summed E-state index contributed by atoms with van der Waals surface area (Å²) >= 11 is 0. The highest BCUT2D eigenvalue weighted by Crippen LogP contribution is 2.35. The Morgan fingerprint density at radius 2 is 1.19 bits per heavy atom. The Morgan fingerprint density at radius 1 is 0.812 bits per heavy atom. The molecule has 0 aliphatic rings. The van der Waals surface area contributed by atoms with E-state index in [4.69, 9.17) is 5.73 Å². The van der Waals surface area contributed by atoms with E-state index >= 15 is 0 Å². The maximum absolute atomic E-state index is 5.47. The third kappa shape index (κ3) is 6.05. The van der Waals surface area contributed by atoms with E-state index < -0.39 is 0 Å². The van der Waals surface area contributed by atoms with Crippen LogP contribution >= 0.6 is 0 Å². The van der Waals surface area contributed by atoms with E-state index in [9.17, 15) is 0 Å². The van der Waals surface area contributed by atoms with Crippen LogP contribution < -0.4 is 5.73 Å². The average molecular weight is 223 g/mol. The lowest BCUT2D eigenvalue weighted by Crippen LogP contribution is -2.19. The second-order valence-electron chi connectivity index (χ2n) is 4.86. The van der Waals surface area contributed by atoms with Gasteiger partial charge >= 0.3 is 0 Å². The molecule has 1 heteroatoms. The van der Waals surface area contributed by atoms with Crippen LogP contribution in [0.3, 0.4) is 0 Å². The molecule has 0 saturated heterocycles. The number of nitrogens with two attached hydrogens (primary N) is 1. The third-order valence-electron chi connectivity index (χ3n) is 3.36. The fourth-order valence-electron chi connectivity index (χ4n) is 2.26. The average Bonchev–Trinajstić information content (AvgIpc) is 2.31. The Hall–Kier alpha value is -0.640. The maximum Gasteiger partial charge on any atom is 0.0333 e. The van der Waals surface area contributed by atoms with Crippen LogP contribution in [0.4, 0.5) is 0 Å². The van der Waals surface area contributed by atoms with Gasteiger partial charge in [-0.15, -0.1) is 0 Å². The monoisotopic (exact) mass is 223 g/mol. The van der Waals surface area contributed by atoms with Crippen LogP contribution in [0.2, 0.25) is 0 Å². The molecule has 0 aliphatic heterocycles. The molecule has 0 fully saturated rings. The summed E-state index contributed by atoms with van der Waals surface area (Å²) in [6, 6.07) is 2.69. The largest absolute Gasteiger partial charge is 0.359 e. The van der Waals surface area contributed by atoms with Crippen LogP contribution in [0.1, 0.15) is 78.6 Å². The molecule has 0 saturated carbocycles. The molecule has 0 unspecified atom stereocenters. The molecule has 0 radical (unpaired) electrons. The first kappa shape index (κ1) is 15.4. The van der Waals surface area contributed by atoms with Gasteiger partial charge < -0.3 is 5.73 Å². The minimum absolute atomic E-state index is 0.219. The predicted octanol–water partition coefficient (Wildman–Crippen LogP) is 4.46. The van der Waals surface area contributed by atoms with Gasteiger partial charge in [0.15, 0.2) is 0 Å². The van der Waals surface area contributed by atoms with Crippen LogP contribution in [-0.4, -0.2) is 0 Å². The van der Waals surface area contributed by atoms with Gasteiger partial charge in [-0.2, -0.15) is 0 Å². The molecule has 0 aromatic rings. The summed E-state index contributed by atoms with van der Waals surface area (Å²) in [5, 5.41) is 0. The molecule has 0 spiro atoms. The van der Waals surface area contributed by atoms with E-state index in [-0.39, 0.29) is 5.41 Å². The molecule has 0 heterocycles. The molecule has 0 bridgehead atoms. The summed E-state index contributed by atoms with van der Waals surface area (Å²) in [6.07, 6.45) is 11.3. The second kappa shape index (κ2) is 9.58. The molecule has 0 aromatic carbocycles. The van der Waals surface area contributed by atoms with Crippen LogP contribution in [0.25, 0.3) is 0 Å².